The summed E-state index contributed by atoms with van der Waals surface area (Å²) in [5, 5.41) is 12.4. The monoisotopic (exact) mass is 255 g/mol. The lowest BCUT2D eigenvalue weighted by molar-refractivity contribution is -0.149. The first kappa shape index (κ1) is 12.4. The molecule has 4 atom stereocenters. The molecule has 3 aliphatic rings. The Morgan fingerprint density at radius 1 is 1.22 bits per heavy atom. The van der Waals surface area contributed by atoms with Crippen LogP contribution in [-0.4, -0.2) is 48.6 Å². The van der Waals surface area contributed by atoms with Gasteiger partial charge in [0.1, 0.15) is 0 Å². The van der Waals surface area contributed by atoms with E-state index in [9.17, 15) is 4.79 Å². The molecule has 5 heteroatoms. The highest BCUT2D eigenvalue weighted by atomic mass is 16.5. The number of hydrogen-bond acceptors (Lipinski definition) is 4. The second-order valence-electron chi connectivity index (χ2n) is 5.64. The second-order valence-corrected chi connectivity index (χ2v) is 5.64. The van der Waals surface area contributed by atoms with E-state index in [1.165, 1.54) is 12.8 Å². The van der Waals surface area contributed by atoms with E-state index in [1.807, 2.05) is 0 Å². The van der Waals surface area contributed by atoms with Crippen molar-refractivity contribution in [2.75, 3.05) is 13.2 Å². The minimum absolute atomic E-state index is 0.0477. The van der Waals surface area contributed by atoms with Crippen LogP contribution in [0.4, 0.5) is 0 Å². The minimum atomic E-state index is -0.836. The van der Waals surface area contributed by atoms with Gasteiger partial charge in [-0.25, -0.2) is 4.79 Å². The van der Waals surface area contributed by atoms with Crippen LogP contribution in [0.1, 0.15) is 32.1 Å². The van der Waals surface area contributed by atoms with Gasteiger partial charge < -0.3 is 19.9 Å². The van der Waals surface area contributed by atoms with Crippen molar-refractivity contribution in [3.05, 3.63) is 0 Å². The summed E-state index contributed by atoms with van der Waals surface area (Å²) in [5.74, 6) is -0.0844. The molecule has 2 saturated heterocycles. The van der Waals surface area contributed by atoms with E-state index in [4.69, 9.17) is 14.6 Å². The summed E-state index contributed by atoms with van der Waals surface area (Å²) in [5.41, 5.74) is 0. The molecule has 3 rings (SSSR count). The molecule has 0 bridgehead atoms. The maximum atomic E-state index is 10.8. The van der Waals surface area contributed by atoms with E-state index in [-0.39, 0.29) is 6.10 Å². The van der Waals surface area contributed by atoms with Gasteiger partial charge in [0, 0.05) is 19.2 Å². The summed E-state index contributed by atoms with van der Waals surface area (Å²) in [6.45, 7) is 1.60. The Labute approximate surface area is 107 Å². The highest BCUT2D eigenvalue weighted by Gasteiger charge is 2.41. The molecule has 18 heavy (non-hydrogen) atoms. The zero-order chi connectivity index (χ0) is 12.5. The zero-order valence-electron chi connectivity index (χ0n) is 10.5. The number of carboxylic acid groups (broad SMARTS) is 1. The van der Waals surface area contributed by atoms with Crippen molar-refractivity contribution in [1.82, 2.24) is 5.32 Å². The molecule has 0 spiro atoms. The molecule has 2 aliphatic heterocycles. The SMILES string of the molecule is O=C(O)C1CCC(CNC2CCOC2C2CC2)O1. The van der Waals surface area contributed by atoms with Crippen LogP contribution in [0.5, 0.6) is 0 Å². The summed E-state index contributed by atoms with van der Waals surface area (Å²) in [4.78, 5) is 10.8. The van der Waals surface area contributed by atoms with Crippen molar-refractivity contribution in [3.63, 3.8) is 0 Å². The van der Waals surface area contributed by atoms with Gasteiger partial charge in [0.2, 0.25) is 0 Å². The Bertz CT molecular complexity index is 318. The van der Waals surface area contributed by atoms with E-state index in [0.29, 0.717) is 18.6 Å². The lowest BCUT2D eigenvalue weighted by Gasteiger charge is -2.21. The van der Waals surface area contributed by atoms with E-state index in [2.05, 4.69) is 5.32 Å². The van der Waals surface area contributed by atoms with Crippen LogP contribution in [0.25, 0.3) is 0 Å². The van der Waals surface area contributed by atoms with E-state index in [1.54, 1.807) is 0 Å². The predicted octanol–water partition coefficient (Wildman–Crippen LogP) is 0.776. The molecule has 102 valence electrons. The third-order valence-corrected chi connectivity index (χ3v) is 4.21. The van der Waals surface area contributed by atoms with Gasteiger partial charge in [-0.2, -0.15) is 0 Å². The molecular weight excluding hydrogens is 234 g/mol. The molecule has 3 fully saturated rings. The van der Waals surface area contributed by atoms with Crippen molar-refractivity contribution in [3.8, 4) is 0 Å². The first-order valence-electron chi connectivity index (χ1n) is 6.97. The maximum absolute atomic E-state index is 10.8. The van der Waals surface area contributed by atoms with Gasteiger partial charge in [-0.15, -0.1) is 0 Å². The molecule has 1 aliphatic carbocycles. The number of carbonyl (C=O) groups is 1. The number of aliphatic carboxylic acids is 1. The van der Waals surface area contributed by atoms with Gasteiger partial charge >= 0.3 is 5.97 Å². The second kappa shape index (κ2) is 5.15. The lowest BCUT2D eigenvalue weighted by atomic mass is 10.1. The molecule has 5 nitrogen and oxygen atoms in total. The molecule has 0 radical (unpaired) electrons. The third-order valence-electron chi connectivity index (χ3n) is 4.21. The first-order chi connectivity index (χ1) is 8.74. The van der Waals surface area contributed by atoms with Crippen LogP contribution >= 0.6 is 0 Å². The van der Waals surface area contributed by atoms with Gasteiger partial charge in [-0.05, 0) is 38.0 Å². The van der Waals surface area contributed by atoms with Gasteiger partial charge in [-0.1, -0.05) is 0 Å². The minimum Gasteiger partial charge on any atom is -0.479 e. The molecule has 0 amide bonds. The van der Waals surface area contributed by atoms with Crippen LogP contribution in [0.15, 0.2) is 0 Å². The summed E-state index contributed by atoms with van der Waals surface area (Å²) in [6, 6.07) is 0.435. The zero-order valence-corrected chi connectivity index (χ0v) is 10.5. The Hall–Kier alpha value is -0.650. The molecule has 2 N–H and O–H groups in total. The highest BCUT2D eigenvalue weighted by Crippen LogP contribution is 2.38. The Morgan fingerprint density at radius 2 is 2.06 bits per heavy atom. The van der Waals surface area contributed by atoms with Crippen LogP contribution in [0.2, 0.25) is 0 Å². The van der Waals surface area contributed by atoms with Crippen molar-refractivity contribution in [2.24, 2.45) is 5.92 Å². The van der Waals surface area contributed by atoms with Crippen LogP contribution in [0, 0.1) is 5.92 Å². The number of ether oxygens (including phenoxy) is 2. The van der Waals surface area contributed by atoms with E-state index in [0.717, 1.165) is 31.9 Å². The van der Waals surface area contributed by atoms with Crippen LogP contribution in [0.3, 0.4) is 0 Å². The molecule has 0 aromatic rings. The first-order valence-corrected chi connectivity index (χ1v) is 6.97. The third kappa shape index (κ3) is 2.68. The topological polar surface area (TPSA) is 67.8 Å². The number of hydrogen-bond donors (Lipinski definition) is 2. The van der Waals surface area contributed by atoms with Gasteiger partial charge in [0.15, 0.2) is 6.10 Å². The van der Waals surface area contributed by atoms with Crippen LogP contribution in [-0.2, 0) is 14.3 Å². The standard InChI is InChI=1S/C13H21NO4/c15-13(16)11-4-3-9(18-11)7-14-10-5-6-17-12(10)8-1-2-8/h8-12,14H,1-7H2,(H,15,16). The van der Waals surface area contributed by atoms with E-state index >= 15 is 0 Å². The maximum Gasteiger partial charge on any atom is 0.332 e. The predicted molar refractivity (Wildman–Crippen MR) is 64.4 cm³/mol. The molecule has 1 saturated carbocycles. The largest absolute Gasteiger partial charge is 0.479 e. The normalized spacial score (nSPS) is 40.2. The fraction of sp³-hybridized carbons (Fsp3) is 0.923. The Kier molecular flexibility index (Phi) is 3.54. The smallest absolute Gasteiger partial charge is 0.332 e. The average Bonchev–Trinajstić information content (AvgIpc) is 2.92. The van der Waals surface area contributed by atoms with Gasteiger partial charge in [0.25, 0.3) is 0 Å². The van der Waals surface area contributed by atoms with Crippen LogP contribution < -0.4 is 5.32 Å². The molecule has 4 unspecified atom stereocenters. The molecular formula is C13H21NO4. The number of nitrogens with one attached hydrogen (secondary N) is 1. The lowest BCUT2D eigenvalue weighted by Crippen LogP contribution is -2.41. The molecule has 0 aromatic carbocycles. The summed E-state index contributed by atoms with van der Waals surface area (Å²) >= 11 is 0. The summed E-state index contributed by atoms with van der Waals surface area (Å²) in [7, 11) is 0. The summed E-state index contributed by atoms with van der Waals surface area (Å²) in [6.07, 6.45) is 4.95. The quantitative estimate of drug-likeness (QED) is 0.759. The number of carboxylic acids is 1. The highest BCUT2D eigenvalue weighted by molar-refractivity contribution is 5.72. The average molecular weight is 255 g/mol. The fourth-order valence-corrected chi connectivity index (χ4v) is 3.04. The van der Waals surface area contributed by atoms with Gasteiger partial charge in [0.05, 0.1) is 12.2 Å². The summed E-state index contributed by atoms with van der Waals surface area (Å²) < 4.78 is 11.3. The van der Waals surface area contributed by atoms with Crippen molar-refractivity contribution < 1.29 is 19.4 Å². The van der Waals surface area contributed by atoms with Crippen molar-refractivity contribution in [1.29, 1.82) is 0 Å². The fourth-order valence-electron chi connectivity index (χ4n) is 3.04. The Balaban J connectivity index is 1.43. The molecule has 0 aromatic heterocycles. The van der Waals surface area contributed by atoms with E-state index < -0.39 is 12.1 Å². The van der Waals surface area contributed by atoms with Crippen molar-refractivity contribution >= 4 is 5.97 Å². The molecule has 2 heterocycles. The van der Waals surface area contributed by atoms with Gasteiger partial charge in [-0.3, -0.25) is 0 Å². The number of rotatable bonds is 5. The van der Waals surface area contributed by atoms with Crippen molar-refractivity contribution in [2.45, 2.75) is 56.5 Å². The Morgan fingerprint density at radius 3 is 2.72 bits per heavy atom.